The van der Waals surface area contributed by atoms with Gasteiger partial charge in [-0.15, -0.1) is 11.3 Å². The summed E-state index contributed by atoms with van der Waals surface area (Å²) in [5.41, 5.74) is 1.49. The van der Waals surface area contributed by atoms with Gasteiger partial charge in [-0.25, -0.2) is 9.37 Å². The molecule has 0 unspecified atom stereocenters. The molecule has 30 heavy (non-hydrogen) atoms. The smallest absolute Gasteiger partial charge is 0.293 e. The van der Waals surface area contributed by atoms with Gasteiger partial charge in [0.1, 0.15) is 16.5 Å². The quantitative estimate of drug-likeness (QED) is 0.550. The van der Waals surface area contributed by atoms with Crippen LogP contribution in [-0.4, -0.2) is 40.0 Å². The first-order chi connectivity index (χ1) is 14.5. The fraction of sp³-hybridized carbons (Fsp3) is 0.100. The van der Waals surface area contributed by atoms with E-state index < -0.39 is 17.0 Å². The first kappa shape index (κ1) is 20.5. The molecule has 0 saturated carbocycles. The maximum Gasteiger partial charge on any atom is 0.293 e. The highest BCUT2D eigenvalue weighted by Crippen LogP contribution is 2.32. The largest absolute Gasteiger partial charge is 0.349 e. The standard InChI is InChI=1S/C20H14FN3O3S3/c21-14-4-2-1-3-12(14)9-16-19(26)24(20(27)30-16)7-6-22-17(25)15-11-29-18(23-15)13-5-8-28-10-13/h1-5,8-11H,6-7H2,(H,22,25)/b16-9-. The van der Waals surface area contributed by atoms with E-state index in [1.165, 1.54) is 29.5 Å². The van der Waals surface area contributed by atoms with Crippen molar-refractivity contribution >= 4 is 57.6 Å². The Morgan fingerprint density at radius 2 is 2.03 bits per heavy atom. The van der Waals surface area contributed by atoms with Crippen LogP contribution in [0.2, 0.25) is 0 Å². The van der Waals surface area contributed by atoms with Crippen molar-refractivity contribution in [3.63, 3.8) is 0 Å². The average molecular weight is 460 g/mol. The lowest BCUT2D eigenvalue weighted by Crippen LogP contribution is -2.37. The highest BCUT2D eigenvalue weighted by Gasteiger charge is 2.34. The Kier molecular flexibility index (Phi) is 6.07. The molecule has 1 saturated heterocycles. The minimum absolute atomic E-state index is 0.0204. The fourth-order valence-corrected chi connectivity index (χ4v) is 5.06. The van der Waals surface area contributed by atoms with Gasteiger partial charge in [0.15, 0.2) is 0 Å². The number of amides is 3. The van der Waals surface area contributed by atoms with Crippen molar-refractivity contribution in [1.29, 1.82) is 0 Å². The molecule has 0 radical (unpaired) electrons. The lowest BCUT2D eigenvalue weighted by atomic mass is 10.2. The number of hydrogen-bond donors (Lipinski definition) is 1. The van der Waals surface area contributed by atoms with Crippen LogP contribution in [0.15, 0.2) is 51.4 Å². The van der Waals surface area contributed by atoms with E-state index in [4.69, 9.17) is 0 Å². The maximum atomic E-state index is 13.8. The summed E-state index contributed by atoms with van der Waals surface area (Å²) in [4.78, 5) is 42.4. The fourth-order valence-electron chi connectivity index (χ4n) is 2.69. The summed E-state index contributed by atoms with van der Waals surface area (Å²) in [6, 6.07) is 7.94. The topological polar surface area (TPSA) is 79.4 Å². The summed E-state index contributed by atoms with van der Waals surface area (Å²) in [5, 5.41) is 8.53. The molecule has 3 amide bonds. The normalized spacial score (nSPS) is 15.2. The molecule has 3 heterocycles. The number of nitrogens with one attached hydrogen (secondary N) is 1. The third kappa shape index (κ3) is 4.35. The number of hydrogen-bond acceptors (Lipinski definition) is 7. The van der Waals surface area contributed by atoms with E-state index in [1.54, 1.807) is 28.8 Å². The molecule has 6 nitrogen and oxygen atoms in total. The number of carbonyl (C=O) groups is 3. The molecular formula is C20H14FN3O3S3. The van der Waals surface area contributed by atoms with Crippen molar-refractivity contribution in [1.82, 2.24) is 15.2 Å². The van der Waals surface area contributed by atoms with Crippen molar-refractivity contribution in [3.8, 4) is 10.6 Å². The molecule has 152 valence electrons. The van der Waals surface area contributed by atoms with E-state index in [0.29, 0.717) is 0 Å². The third-order valence-corrected chi connectivity index (χ3v) is 6.67. The van der Waals surface area contributed by atoms with Crippen LogP contribution < -0.4 is 5.32 Å². The minimum Gasteiger partial charge on any atom is -0.349 e. The van der Waals surface area contributed by atoms with Crippen LogP contribution in [0, 0.1) is 5.82 Å². The minimum atomic E-state index is -0.504. The van der Waals surface area contributed by atoms with Gasteiger partial charge in [-0.3, -0.25) is 19.3 Å². The number of thiazole rings is 1. The maximum absolute atomic E-state index is 13.8. The van der Waals surface area contributed by atoms with Crippen LogP contribution in [0.4, 0.5) is 9.18 Å². The molecule has 1 aliphatic rings. The Bertz CT molecular complexity index is 1140. The second kappa shape index (κ2) is 8.90. The molecule has 0 aliphatic carbocycles. The lowest BCUT2D eigenvalue weighted by molar-refractivity contribution is -0.122. The zero-order valence-electron chi connectivity index (χ0n) is 15.3. The number of carbonyl (C=O) groups excluding carboxylic acids is 3. The second-order valence-electron chi connectivity index (χ2n) is 6.16. The summed E-state index contributed by atoms with van der Waals surface area (Å²) in [5.74, 6) is -1.35. The second-order valence-corrected chi connectivity index (χ2v) is 8.79. The Hall–Kier alpha value is -2.82. The van der Waals surface area contributed by atoms with Gasteiger partial charge in [0, 0.05) is 35.0 Å². The highest BCUT2D eigenvalue weighted by atomic mass is 32.2. The van der Waals surface area contributed by atoms with Crippen molar-refractivity contribution in [2.45, 2.75) is 0 Å². The van der Waals surface area contributed by atoms with Gasteiger partial charge in [-0.1, -0.05) is 18.2 Å². The Morgan fingerprint density at radius 1 is 1.20 bits per heavy atom. The molecule has 1 N–H and O–H groups in total. The number of rotatable bonds is 6. The van der Waals surface area contributed by atoms with Crippen LogP contribution >= 0.6 is 34.4 Å². The molecule has 10 heteroatoms. The molecule has 0 atom stereocenters. The molecular weight excluding hydrogens is 445 g/mol. The van der Waals surface area contributed by atoms with Crippen LogP contribution in [0.5, 0.6) is 0 Å². The number of benzene rings is 1. The summed E-state index contributed by atoms with van der Waals surface area (Å²) in [7, 11) is 0. The Balaban J connectivity index is 1.35. The Labute approximate surface area is 183 Å². The van der Waals surface area contributed by atoms with Crippen molar-refractivity contribution < 1.29 is 18.8 Å². The van der Waals surface area contributed by atoms with Crippen LogP contribution in [0.1, 0.15) is 16.1 Å². The van der Waals surface area contributed by atoms with E-state index in [-0.39, 0.29) is 35.2 Å². The molecule has 0 bridgehead atoms. The number of nitrogens with zero attached hydrogens (tertiary/aromatic N) is 2. The molecule has 1 aliphatic heterocycles. The molecule has 4 rings (SSSR count). The summed E-state index contributed by atoms with van der Waals surface area (Å²) in [6.45, 7) is 0.113. The van der Waals surface area contributed by atoms with Gasteiger partial charge in [0.05, 0.1) is 4.91 Å². The van der Waals surface area contributed by atoms with Crippen LogP contribution in [-0.2, 0) is 4.79 Å². The van der Waals surface area contributed by atoms with Crippen molar-refractivity contribution in [2.75, 3.05) is 13.1 Å². The first-order valence-corrected chi connectivity index (χ1v) is 11.4. The lowest BCUT2D eigenvalue weighted by Gasteiger charge is -2.12. The van der Waals surface area contributed by atoms with Gasteiger partial charge in [0.25, 0.3) is 17.1 Å². The number of imide groups is 1. The first-order valence-electron chi connectivity index (χ1n) is 8.79. The summed E-state index contributed by atoms with van der Waals surface area (Å²) < 4.78 is 13.8. The number of thioether (sulfide) groups is 1. The highest BCUT2D eigenvalue weighted by molar-refractivity contribution is 8.18. The van der Waals surface area contributed by atoms with Crippen LogP contribution in [0.3, 0.4) is 0 Å². The van der Waals surface area contributed by atoms with E-state index >= 15 is 0 Å². The van der Waals surface area contributed by atoms with E-state index in [1.807, 2.05) is 16.8 Å². The zero-order valence-corrected chi connectivity index (χ0v) is 17.8. The number of thiophene rings is 1. The predicted octanol–water partition coefficient (Wildman–Crippen LogP) is 4.48. The number of aromatic nitrogens is 1. The SMILES string of the molecule is O=C(NCCN1C(=O)S/C(=C\c2ccccc2F)C1=O)c1csc(-c2ccsc2)n1. The van der Waals surface area contributed by atoms with Gasteiger partial charge >= 0.3 is 0 Å². The van der Waals surface area contributed by atoms with E-state index in [0.717, 1.165) is 27.2 Å². The van der Waals surface area contributed by atoms with Gasteiger partial charge in [-0.05, 0) is 35.4 Å². The monoisotopic (exact) mass is 459 g/mol. The average Bonchev–Trinajstić information content (AvgIpc) is 3.47. The zero-order chi connectivity index (χ0) is 21.1. The Morgan fingerprint density at radius 3 is 2.80 bits per heavy atom. The predicted molar refractivity (Wildman–Crippen MR) is 117 cm³/mol. The van der Waals surface area contributed by atoms with Crippen molar-refractivity contribution in [2.24, 2.45) is 0 Å². The van der Waals surface area contributed by atoms with Gasteiger partial charge in [0.2, 0.25) is 0 Å². The van der Waals surface area contributed by atoms with Gasteiger partial charge < -0.3 is 5.32 Å². The van der Waals surface area contributed by atoms with Crippen LogP contribution in [0.25, 0.3) is 16.6 Å². The third-order valence-electron chi connectivity index (χ3n) is 4.19. The molecule has 0 spiro atoms. The molecule has 3 aromatic rings. The number of halogens is 1. The summed E-state index contributed by atoms with van der Waals surface area (Å²) in [6.07, 6.45) is 1.36. The van der Waals surface area contributed by atoms with Crippen molar-refractivity contribution in [3.05, 3.63) is 68.5 Å². The van der Waals surface area contributed by atoms with Gasteiger partial charge in [-0.2, -0.15) is 11.3 Å². The molecule has 1 fully saturated rings. The van der Waals surface area contributed by atoms with E-state index in [9.17, 15) is 18.8 Å². The molecule has 1 aromatic carbocycles. The summed E-state index contributed by atoms with van der Waals surface area (Å²) >= 11 is 3.68. The molecule has 2 aromatic heterocycles. The van der Waals surface area contributed by atoms with E-state index in [2.05, 4.69) is 10.3 Å².